The predicted octanol–water partition coefficient (Wildman–Crippen LogP) is 1.87. The Bertz CT molecular complexity index is 645. The molecule has 0 radical (unpaired) electrons. The first-order valence-corrected chi connectivity index (χ1v) is 8.52. The summed E-state index contributed by atoms with van der Waals surface area (Å²) in [5.41, 5.74) is 0.946. The zero-order valence-corrected chi connectivity index (χ0v) is 13.9. The van der Waals surface area contributed by atoms with Crippen LogP contribution in [0, 0.1) is 5.92 Å². The van der Waals surface area contributed by atoms with E-state index in [1.165, 1.54) is 6.08 Å². The van der Waals surface area contributed by atoms with E-state index in [2.05, 4.69) is 10.6 Å². The zero-order valence-electron chi connectivity index (χ0n) is 13.9. The van der Waals surface area contributed by atoms with E-state index in [1.807, 2.05) is 19.1 Å². The third-order valence-electron chi connectivity index (χ3n) is 4.73. The first kappa shape index (κ1) is 16.7. The van der Waals surface area contributed by atoms with E-state index >= 15 is 0 Å². The SMILES string of the molecule is CC(CO)(NC(=O)/C=C/c1ccc(C(=O)NC2CC2)cc1)C1CC1. The van der Waals surface area contributed by atoms with E-state index in [-0.39, 0.29) is 18.4 Å². The number of aliphatic hydroxyl groups is 1. The summed E-state index contributed by atoms with van der Waals surface area (Å²) in [6, 6.07) is 7.50. The number of hydrogen-bond donors (Lipinski definition) is 3. The van der Waals surface area contributed by atoms with Crippen molar-refractivity contribution in [1.29, 1.82) is 0 Å². The first-order chi connectivity index (χ1) is 11.5. The second-order valence-electron chi connectivity index (χ2n) is 7.04. The molecule has 2 saturated carbocycles. The fourth-order valence-electron chi connectivity index (χ4n) is 2.73. The smallest absolute Gasteiger partial charge is 0.251 e. The molecule has 2 amide bonds. The monoisotopic (exact) mass is 328 g/mol. The Morgan fingerprint density at radius 1 is 1.21 bits per heavy atom. The van der Waals surface area contributed by atoms with E-state index in [0.29, 0.717) is 17.5 Å². The average Bonchev–Trinajstić information content (AvgIpc) is 3.46. The summed E-state index contributed by atoms with van der Waals surface area (Å²) in [6.45, 7) is 1.83. The van der Waals surface area contributed by atoms with Crippen molar-refractivity contribution in [3.63, 3.8) is 0 Å². The molecule has 2 aliphatic rings. The lowest BCUT2D eigenvalue weighted by Crippen LogP contribution is -2.50. The maximum Gasteiger partial charge on any atom is 0.251 e. The van der Waals surface area contributed by atoms with Crippen LogP contribution in [-0.2, 0) is 4.79 Å². The third-order valence-corrected chi connectivity index (χ3v) is 4.73. The van der Waals surface area contributed by atoms with Crippen LogP contribution in [0.2, 0.25) is 0 Å². The van der Waals surface area contributed by atoms with Crippen molar-refractivity contribution in [2.45, 2.75) is 44.2 Å². The van der Waals surface area contributed by atoms with Gasteiger partial charge in [0.1, 0.15) is 0 Å². The molecular weight excluding hydrogens is 304 g/mol. The topological polar surface area (TPSA) is 78.4 Å². The van der Waals surface area contributed by atoms with Crippen molar-refractivity contribution in [3.05, 3.63) is 41.5 Å². The highest BCUT2D eigenvalue weighted by Gasteiger charge is 2.41. The van der Waals surface area contributed by atoms with Gasteiger partial charge in [0.25, 0.3) is 5.91 Å². The van der Waals surface area contributed by atoms with Crippen LogP contribution in [0.5, 0.6) is 0 Å². The third kappa shape index (κ3) is 4.23. The highest BCUT2D eigenvalue weighted by Crippen LogP contribution is 2.39. The molecule has 1 aromatic carbocycles. The van der Waals surface area contributed by atoms with Crippen LogP contribution in [-0.4, -0.2) is 35.1 Å². The van der Waals surface area contributed by atoms with Gasteiger partial charge in [0, 0.05) is 17.7 Å². The number of amides is 2. The van der Waals surface area contributed by atoms with Crippen molar-refractivity contribution >= 4 is 17.9 Å². The standard InChI is InChI=1S/C19H24N2O3/c1-19(12-22,15-7-8-15)21-17(23)11-4-13-2-5-14(6-3-13)18(24)20-16-9-10-16/h2-6,11,15-16,22H,7-10,12H2,1H3,(H,20,24)(H,21,23)/b11-4+. The number of carbonyl (C=O) groups is 2. The Balaban J connectivity index is 1.55. The number of aliphatic hydroxyl groups excluding tert-OH is 1. The maximum atomic E-state index is 12.1. The Hall–Kier alpha value is -2.14. The van der Waals surface area contributed by atoms with E-state index in [0.717, 1.165) is 31.2 Å². The summed E-state index contributed by atoms with van der Waals surface area (Å²) in [5.74, 6) is 0.104. The van der Waals surface area contributed by atoms with Crippen LogP contribution in [0.25, 0.3) is 6.08 Å². The molecule has 0 heterocycles. The minimum atomic E-state index is -0.536. The Kier molecular flexibility index (Phi) is 4.71. The number of benzene rings is 1. The molecule has 128 valence electrons. The van der Waals surface area contributed by atoms with Crippen LogP contribution < -0.4 is 10.6 Å². The van der Waals surface area contributed by atoms with Crippen molar-refractivity contribution in [2.75, 3.05) is 6.61 Å². The van der Waals surface area contributed by atoms with Crippen molar-refractivity contribution in [1.82, 2.24) is 10.6 Å². The van der Waals surface area contributed by atoms with Crippen LogP contribution in [0.4, 0.5) is 0 Å². The molecule has 24 heavy (non-hydrogen) atoms. The molecule has 0 aliphatic heterocycles. The number of nitrogens with one attached hydrogen (secondary N) is 2. The lowest BCUT2D eigenvalue weighted by Gasteiger charge is -2.28. The Morgan fingerprint density at radius 3 is 2.42 bits per heavy atom. The predicted molar refractivity (Wildman–Crippen MR) is 92.3 cm³/mol. The van der Waals surface area contributed by atoms with Crippen LogP contribution >= 0.6 is 0 Å². The summed E-state index contributed by atoms with van der Waals surface area (Å²) < 4.78 is 0. The van der Waals surface area contributed by atoms with Gasteiger partial charge in [-0.25, -0.2) is 0 Å². The average molecular weight is 328 g/mol. The molecule has 2 fully saturated rings. The highest BCUT2D eigenvalue weighted by atomic mass is 16.3. The largest absolute Gasteiger partial charge is 0.394 e. The molecule has 0 spiro atoms. The zero-order chi connectivity index (χ0) is 17.2. The molecule has 2 aliphatic carbocycles. The lowest BCUT2D eigenvalue weighted by atomic mass is 9.97. The van der Waals surface area contributed by atoms with Crippen LogP contribution in [0.1, 0.15) is 48.5 Å². The van der Waals surface area contributed by atoms with Gasteiger partial charge < -0.3 is 15.7 Å². The van der Waals surface area contributed by atoms with Crippen molar-refractivity contribution < 1.29 is 14.7 Å². The van der Waals surface area contributed by atoms with E-state index in [1.54, 1.807) is 18.2 Å². The minimum absolute atomic E-state index is 0.0473. The summed E-state index contributed by atoms with van der Waals surface area (Å²) in [4.78, 5) is 24.0. The molecule has 0 saturated heterocycles. The normalized spacial score (nSPS) is 19.8. The molecule has 1 atom stereocenters. The molecule has 0 aromatic heterocycles. The second kappa shape index (κ2) is 6.77. The van der Waals surface area contributed by atoms with Crippen molar-refractivity contribution in [2.24, 2.45) is 5.92 Å². The van der Waals surface area contributed by atoms with Gasteiger partial charge in [0.05, 0.1) is 12.1 Å². The van der Waals surface area contributed by atoms with E-state index in [4.69, 9.17) is 0 Å². The summed E-state index contributed by atoms with van der Waals surface area (Å²) in [5, 5.41) is 15.3. The van der Waals surface area contributed by atoms with Gasteiger partial charge in [-0.2, -0.15) is 0 Å². The number of hydrogen-bond acceptors (Lipinski definition) is 3. The molecule has 3 rings (SSSR count). The number of carbonyl (C=O) groups excluding carboxylic acids is 2. The van der Waals surface area contributed by atoms with Crippen LogP contribution in [0.3, 0.4) is 0 Å². The summed E-state index contributed by atoms with van der Waals surface area (Å²) in [6.07, 6.45) is 7.40. The highest BCUT2D eigenvalue weighted by molar-refractivity contribution is 5.95. The van der Waals surface area contributed by atoms with Gasteiger partial charge in [-0.15, -0.1) is 0 Å². The van der Waals surface area contributed by atoms with E-state index in [9.17, 15) is 14.7 Å². The van der Waals surface area contributed by atoms with Gasteiger partial charge in [-0.3, -0.25) is 9.59 Å². The van der Waals surface area contributed by atoms with Crippen molar-refractivity contribution in [3.8, 4) is 0 Å². The molecular formula is C19H24N2O3. The first-order valence-electron chi connectivity index (χ1n) is 8.52. The van der Waals surface area contributed by atoms with Gasteiger partial charge in [-0.05, 0) is 62.3 Å². The van der Waals surface area contributed by atoms with Gasteiger partial charge in [0.15, 0.2) is 0 Å². The fourth-order valence-corrected chi connectivity index (χ4v) is 2.73. The second-order valence-corrected chi connectivity index (χ2v) is 7.04. The minimum Gasteiger partial charge on any atom is -0.394 e. The molecule has 0 bridgehead atoms. The van der Waals surface area contributed by atoms with Gasteiger partial charge >= 0.3 is 0 Å². The summed E-state index contributed by atoms with van der Waals surface area (Å²) in [7, 11) is 0. The lowest BCUT2D eigenvalue weighted by molar-refractivity contribution is -0.119. The quantitative estimate of drug-likeness (QED) is 0.669. The maximum absolute atomic E-state index is 12.1. The molecule has 1 aromatic rings. The van der Waals surface area contributed by atoms with E-state index < -0.39 is 5.54 Å². The van der Waals surface area contributed by atoms with Gasteiger partial charge in [-0.1, -0.05) is 12.1 Å². The molecule has 1 unspecified atom stereocenters. The Morgan fingerprint density at radius 2 is 1.88 bits per heavy atom. The van der Waals surface area contributed by atoms with Gasteiger partial charge in [0.2, 0.25) is 5.91 Å². The molecule has 5 heteroatoms. The fraction of sp³-hybridized carbons (Fsp3) is 0.474. The molecule has 5 nitrogen and oxygen atoms in total. The van der Waals surface area contributed by atoms with Crippen LogP contribution in [0.15, 0.2) is 30.3 Å². The Labute approximate surface area is 142 Å². The summed E-state index contributed by atoms with van der Waals surface area (Å²) >= 11 is 0. The number of rotatable bonds is 7. The molecule has 3 N–H and O–H groups in total.